The molecule has 2 N–H and O–H groups in total. The minimum Gasteiger partial charge on any atom is -0.494 e. The Morgan fingerprint density at radius 1 is 1.20 bits per heavy atom. The van der Waals surface area contributed by atoms with Crippen LogP contribution >= 0.6 is 11.3 Å². The molecule has 0 radical (unpaired) electrons. The molecule has 3 heteroatoms. The maximum Gasteiger partial charge on any atom is 0.119 e. The Bertz CT molecular complexity index is 478. The molecule has 0 amide bonds. The summed E-state index contributed by atoms with van der Waals surface area (Å²) in [5.41, 5.74) is 7.22. The zero-order chi connectivity index (χ0) is 14.2. The van der Waals surface area contributed by atoms with E-state index in [0.29, 0.717) is 12.5 Å². The molecule has 0 aliphatic carbocycles. The summed E-state index contributed by atoms with van der Waals surface area (Å²) in [6.45, 7) is 3.66. The van der Waals surface area contributed by atoms with Crippen LogP contribution in [0.25, 0.3) is 0 Å². The number of hydrogen-bond donors (Lipinski definition) is 1. The number of hydrogen-bond acceptors (Lipinski definition) is 3. The van der Waals surface area contributed by atoms with Crippen molar-refractivity contribution in [1.82, 2.24) is 0 Å². The first-order valence-electron chi connectivity index (χ1n) is 7.28. The van der Waals surface area contributed by atoms with Gasteiger partial charge in [-0.15, -0.1) is 11.3 Å². The van der Waals surface area contributed by atoms with E-state index < -0.39 is 0 Å². The molecule has 1 unspecified atom stereocenters. The van der Waals surface area contributed by atoms with E-state index in [1.165, 1.54) is 10.4 Å². The number of nitrogens with two attached hydrogens (primary N) is 1. The zero-order valence-corrected chi connectivity index (χ0v) is 12.9. The van der Waals surface area contributed by atoms with Gasteiger partial charge in [-0.2, -0.15) is 0 Å². The van der Waals surface area contributed by atoms with Crippen LogP contribution in [0.4, 0.5) is 0 Å². The van der Waals surface area contributed by atoms with Crippen LogP contribution in [0.5, 0.6) is 5.75 Å². The molecule has 2 aromatic rings. The molecule has 0 saturated carbocycles. The van der Waals surface area contributed by atoms with Gasteiger partial charge in [-0.25, -0.2) is 0 Å². The fourth-order valence-electron chi connectivity index (χ4n) is 2.16. The van der Waals surface area contributed by atoms with Gasteiger partial charge in [0.25, 0.3) is 0 Å². The monoisotopic (exact) mass is 289 g/mol. The fourth-order valence-corrected chi connectivity index (χ4v) is 3.01. The summed E-state index contributed by atoms with van der Waals surface area (Å²) < 4.78 is 5.68. The molecule has 0 aliphatic rings. The molecular weight excluding hydrogens is 266 g/mol. The van der Waals surface area contributed by atoms with E-state index in [9.17, 15) is 0 Å². The van der Waals surface area contributed by atoms with Crippen LogP contribution in [0.3, 0.4) is 0 Å². The van der Waals surface area contributed by atoms with E-state index in [-0.39, 0.29) is 0 Å². The van der Waals surface area contributed by atoms with E-state index in [1.807, 2.05) is 0 Å². The molecule has 108 valence electrons. The van der Waals surface area contributed by atoms with Crippen molar-refractivity contribution in [3.8, 4) is 5.75 Å². The lowest BCUT2D eigenvalue weighted by molar-refractivity contribution is 0.309. The van der Waals surface area contributed by atoms with Gasteiger partial charge in [0.05, 0.1) is 6.61 Å². The van der Waals surface area contributed by atoms with E-state index in [4.69, 9.17) is 10.5 Å². The average Bonchev–Trinajstić information content (AvgIpc) is 3.00. The van der Waals surface area contributed by atoms with Crippen LogP contribution in [-0.2, 0) is 6.42 Å². The third-order valence-electron chi connectivity index (χ3n) is 3.40. The molecular formula is C17H23NOS. The van der Waals surface area contributed by atoms with Gasteiger partial charge in [0, 0.05) is 17.3 Å². The van der Waals surface area contributed by atoms with Crippen LogP contribution in [-0.4, -0.2) is 13.2 Å². The lowest BCUT2D eigenvalue weighted by atomic mass is 9.98. The van der Waals surface area contributed by atoms with Gasteiger partial charge in [-0.05, 0) is 42.0 Å². The summed E-state index contributed by atoms with van der Waals surface area (Å²) >= 11 is 1.79. The first kappa shape index (κ1) is 15.1. The molecule has 1 aromatic carbocycles. The molecule has 2 rings (SSSR count). The second-order valence-corrected chi connectivity index (χ2v) is 5.98. The largest absolute Gasteiger partial charge is 0.494 e. The zero-order valence-electron chi connectivity index (χ0n) is 12.0. The highest BCUT2D eigenvalue weighted by Crippen LogP contribution is 2.25. The standard InChI is InChI=1S/C17H23NOS/c1-2-3-10-19-16-8-6-14(7-9-16)12-15(13-18)17-5-4-11-20-17/h4-9,11,15H,2-3,10,12-13,18H2,1H3. The van der Waals surface area contributed by atoms with E-state index in [0.717, 1.165) is 31.6 Å². The average molecular weight is 289 g/mol. The second kappa shape index (κ2) is 8.08. The van der Waals surface area contributed by atoms with Crippen LogP contribution in [0, 0.1) is 0 Å². The Kier molecular flexibility index (Phi) is 6.09. The summed E-state index contributed by atoms with van der Waals surface area (Å²) in [4.78, 5) is 1.37. The van der Waals surface area contributed by atoms with Crippen LogP contribution in [0.1, 0.15) is 36.1 Å². The molecule has 1 atom stereocenters. The third kappa shape index (κ3) is 4.36. The van der Waals surface area contributed by atoms with Gasteiger partial charge >= 0.3 is 0 Å². The number of rotatable bonds is 8. The Balaban J connectivity index is 1.92. The van der Waals surface area contributed by atoms with Gasteiger partial charge in [-0.1, -0.05) is 31.5 Å². The van der Waals surface area contributed by atoms with Crippen molar-refractivity contribution in [2.24, 2.45) is 5.73 Å². The van der Waals surface area contributed by atoms with Crippen molar-refractivity contribution in [1.29, 1.82) is 0 Å². The Hall–Kier alpha value is -1.32. The van der Waals surface area contributed by atoms with Crippen molar-refractivity contribution >= 4 is 11.3 Å². The summed E-state index contributed by atoms with van der Waals surface area (Å²) in [5, 5.41) is 2.11. The molecule has 0 bridgehead atoms. The minimum absolute atomic E-state index is 0.418. The fraction of sp³-hybridized carbons (Fsp3) is 0.412. The Labute approximate surface area is 125 Å². The lowest BCUT2D eigenvalue weighted by Gasteiger charge is -2.13. The molecule has 0 fully saturated rings. The predicted molar refractivity (Wildman–Crippen MR) is 86.7 cm³/mol. The lowest BCUT2D eigenvalue weighted by Crippen LogP contribution is -2.13. The Morgan fingerprint density at radius 3 is 2.60 bits per heavy atom. The van der Waals surface area contributed by atoms with Crippen molar-refractivity contribution in [2.75, 3.05) is 13.2 Å². The van der Waals surface area contributed by atoms with Crippen molar-refractivity contribution in [3.63, 3.8) is 0 Å². The van der Waals surface area contributed by atoms with E-state index in [1.54, 1.807) is 11.3 Å². The van der Waals surface area contributed by atoms with Crippen molar-refractivity contribution < 1.29 is 4.74 Å². The van der Waals surface area contributed by atoms with E-state index >= 15 is 0 Å². The molecule has 1 heterocycles. The highest BCUT2D eigenvalue weighted by molar-refractivity contribution is 7.10. The molecule has 20 heavy (non-hydrogen) atoms. The van der Waals surface area contributed by atoms with Crippen LogP contribution < -0.4 is 10.5 Å². The SMILES string of the molecule is CCCCOc1ccc(CC(CN)c2cccs2)cc1. The van der Waals surface area contributed by atoms with Gasteiger partial charge in [0.1, 0.15) is 5.75 Å². The normalized spacial score (nSPS) is 12.3. The van der Waals surface area contributed by atoms with Gasteiger partial charge in [0.15, 0.2) is 0 Å². The number of unbranched alkanes of at least 4 members (excludes halogenated alkanes) is 1. The summed E-state index contributed by atoms with van der Waals surface area (Å²) in [5.74, 6) is 1.38. The van der Waals surface area contributed by atoms with Gasteiger partial charge < -0.3 is 10.5 Å². The topological polar surface area (TPSA) is 35.2 Å². The molecule has 0 aliphatic heterocycles. The van der Waals surface area contributed by atoms with E-state index in [2.05, 4.69) is 48.7 Å². The smallest absolute Gasteiger partial charge is 0.119 e. The summed E-state index contributed by atoms with van der Waals surface area (Å²) in [7, 11) is 0. The van der Waals surface area contributed by atoms with Gasteiger partial charge in [-0.3, -0.25) is 0 Å². The second-order valence-electron chi connectivity index (χ2n) is 5.00. The highest BCUT2D eigenvalue weighted by atomic mass is 32.1. The first-order chi connectivity index (χ1) is 9.83. The minimum atomic E-state index is 0.418. The number of ether oxygens (including phenoxy) is 1. The highest BCUT2D eigenvalue weighted by Gasteiger charge is 2.11. The number of thiophene rings is 1. The quantitative estimate of drug-likeness (QED) is 0.739. The number of benzene rings is 1. The van der Waals surface area contributed by atoms with Crippen molar-refractivity contribution in [3.05, 3.63) is 52.2 Å². The first-order valence-corrected chi connectivity index (χ1v) is 8.16. The van der Waals surface area contributed by atoms with Crippen LogP contribution in [0.2, 0.25) is 0 Å². The van der Waals surface area contributed by atoms with Crippen molar-refractivity contribution in [2.45, 2.75) is 32.1 Å². The maximum absolute atomic E-state index is 5.90. The molecule has 2 nitrogen and oxygen atoms in total. The van der Waals surface area contributed by atoms with Gasteiger partial charge in [0.2, 0.25) is 0 Å². The Morgan fingerprint density at radius 2 is 2.00 bits per heavy atom. The predicted octanol–water partition coefficient (Wildman–Crippen LogP) is 4.21. The third-order valence-corrected chi connectivity index (χ3v) is 4.44. The van der Waals surface area contributed by atoms with Crippen LogP contribution in [0.15, 0.2) is 41.8 Å². The molecule has 0 saturated heterocycles. The molecule has 0 spiro atoms. The summed E-state index contributed by atoms with van der Waals surface area (Å²) in [6, 6.07) is 12.7. The molecule has 1 aromatic heterocycles. The summed E-state index contributed by atoms with van der Waals surface area (Å²) in [6.07, 6.45) is 3.26. The maximum atomic E-state index is 5.90.